The zero-order chi connectivity index (χ0) is 14.9. The predicted molar refractivity (Wildman–Crippen MR) is 85.5 cm³/mol. The van der Waals surface area contributed by atoms with E-state index in [-0.39, 0.29) is 11.4 Å². The van der Waals surface area contributed by atoms with Crippen molar-refractivity contribution in [1.29, 1.82) is 0 Å². The number of nitrogens with one attached hydrogen (secondary N) is 1. The van der Waals surface area contributed by atoms with Gasteiger partial charge in [-0.1, -0.05) is 43.3 Å². The number of rotatable bonds is 3. The standard InChI is InChI=1S/C19H21NO/c1-3-14-9-10-16-12-19(2,13-17(16)11-14)20-18(21)15-7-5-4-6-8-15/h4-11H,3,12-13H2,1-2H3,(H,20,21)/t19-/m0/s1. The minimum atomic E-state index is -0.179. The van der Waals surface area contributed by atoms with Crippen molar-refractivity contribution < 1.29 is 4.79 Å². The van der Waals surface area contributed by atoms with Gasteiger partial charge in [0.25, 0.3) is 5.91 Å². The van der Waals surface area contributed by atoms with Crippen LogP contribution in [0.1, 0.15) is 40.9 Å². The first kappa shape index (κ1) is 13.9. The van der Waals surface area contributed by atoms with Crippen molar-refractivity contribution >= 4 is 5.91 Å². The molecular weight excluding hydrogens is 258 g/mol. The molecule has 0 saturated heterocycles. The molecule has 1 N–H and O–H groups in total. The third-order valence-corrected chi connectivity index (χ3v) is 4.29. The molecule has 2 aromatic carbocycles. The highest BCUT2D eigenvalue weighted by Crippen LogP contribution is 2.31. The summed E-state index contributed by atoms with van der Waals surface area (Å²) in [5.74, 6) is 0.0154. The van der Waals surface area contributed by atoms with Gasteiger partial charge < -0.3 is 5.32 Å². The second kappa shape index (κ2) is 5.36. The quantitative estimate of drug-likeness (QED) is 0.915. The Morgan fingerprint density at radius 3 is 2.52 bits per heavy atom. The highest BCUT2D eigenvalue weighted by Gasteiger charge is 2.34. The van der Waals surface area contributed by atoms with Gasteiger partial charge in [-0.2, -0.15) is 0 Å². The maximum Gasteiger partial charge on any atom is 0.251 e. The topological polar surface area (TPSA) is 29.1 Å². The Hall–Kier alpha value is -2.09. The molecule has 0 aliphatic heterocycles. The number of benzene rings is 2. The molecule has 0 unspecified atom stereocenters. The highest BCUT2D eigenvalue weighted by molar-refractivity contribution is 5.94. The number of aryl methyl sites for hydroxylation is 1. The van der Waals surface area contributed by atoms with E-state index in [1.165, 1.54) is 16.7 Å². The molecule has 2 nitrogen and oxygen atoms in total. The Labute approximate surface area is 126 Å². The van der Waals surface area contributed by atoms with Crippen molar-refractivity contribution in [3.8, 4) is 0 Å². The van der Waals surface area contributed by atoms with Crippen LogP contribution in [0.15, 0.2) is 48.5 Å². The number of amides is 1. The first-order valence-corrected chi connectivity index (χ1v) is 7.58. The normalized spacial score (nSPS) is 20.1. The van der Waals surface area contributed by atoms with E-state index < -0.39 is 0 Å². The fourth-order valence-corrected chi connectivity index (χ4v) is 3.16. The zero-order valence-corrected chi connectivity index (χ0v) is 12.6. The average Bonchev–Trinajstić information content (AvgIpc) is 2.82. The predicted octanol–water partition coefficient (Wildman–Crippen LogP) is 3.54. The van der Waals surface area contributed by atoms with E-state index in [9.17, 15) is 4.79 Å². The van der Waals surface area contributed by atoms with Crippen LogP contribution in [0.25, 0.3) is 0 Å². The molecule has 0 saturated carbocycles. The summed E-state index contributed by atoms with van der Waals surface area (Å²) >= 11 is 0. The van der Waals surface area contributed by atoms with Crippen LogP contribution < -0.4 is 5.32 Å². The van der Waals surface area contributed by atoms with Crippen molar-refractivity contribution in [2.45, 2.75) is 38.6 Å². The molecule has 1 aliphatic carbocycles. The van der Waals surface area contributed by atoms with E-state index in [0.29, 0.717) is 0 Å². The van der Waals surface area contributed by atoms with E-state index >= 15 is 0 Å². The Balaban J connectivity index is 1.77. The summed E-state index contributed by atoms with van der Waals surface area (Å²) in [6, 6.07) is 16.1. The van der Waals surface area contributed by atoms with Crippen molar-refractivity contribution in [3.05, 3.63) is 70.8 Å². The zero-order valence-electron chi connectivity index (χ0n) is 12.6. The SMILES string of the molecule is CCc1ccc2c(c1)C[C@@](C)(NC(=O)c1ccccc1)C2. The minimum absolute atomic E-state index is 0.0154. The lowest BCUT2D eigenvalue weighted by molar-refractivity contribution is 0.0909. The summed E-state index contributed by atoms with van der Waals surface area (Å²) in [7, 11) is 0. The summed E-state index contributed by atoms with van der Waals surface area (Å²) in [6.07, 6.45) is 2.88. The molecule has 0 aromatic heterocycles. The van der Waals surface area contributed by atoms with Gasteiger partial charge in [-0.05, 0) is 55.0 Å². The lowest BCUT2D eigenvalue weighted by Crippen LogP contribution is -2.46. The van der Waals surface area contributed by atoms with E-state index in [4.69, 9.17) is 0 Å². The fraction of sp³-hybridized carbons (Fsp3) is 0.316. The third kappa shape index (κ3) is 2.85. The Kier molecular flexibility index (Phi) is 3.54. The van der Waals surface area contributed by atoms with Crippen molar-refractivity contribution in [2.24, 2.45) is 0 Å². The second-order valence-corrected chi connectivity index (χ2v) is 6.19. The number of carbonyl (C=O) groups is 1. The van der Waals surface area contributed by atoms with Gasteiger partial charge in [0.2, 0.25) is 0 Å². The van der Waals surface area contributed by atoms with Crippen LogP contribution in [0.5, 0.6) is 0 Å². The van der Waals surface area contributed by atoms with Gasteiger partial charge in [0.15, 0.2) is 0 Å². The van der Waals surface area contributed by atoms with E-state index in [0.717, 1.165) is 24.8 Å². The molecule has 1 amide bonds. The molecule has 1 aliphatic rings. The Bertz CT molecular complexity index is 663. The van der Waals surface area contributed by atoms with Crippen LogP contribution in [0.3, 0.4) is 0 Å². The summed E-state index contributed by atoms with van der Waals surface area (Å²) < 4.78 is 0. The Morgan fingerprint density at radius 1 is 1.10 bits per heavy atom. The van der Waals surface area contributed by atoms with Crippen molar-refractivity contribution in [3.63, 3.8) is 0 Å². The molecule has 0 fully saturated rings. The number of fused-ring (bicyclic) bond motifs is 1. The molecule has 0 radical (unpaired) electrons. The molecule has 108 valence electrons. The van der Waals surface area contributed by atoms with Gasteiger partial charge in [-0.3, -0.25) is 4.79 Å². The van der Waals surface area contributed by atoms with E-state index in [1.54, 1.807) is 0 Å². The molecule has 2 aromatic rings. The molecular formula is C19H21NO. The molecule has 0 spiro atoms. The van der Waals surface area contributed by atoms with E-state index in [2.05, 4.69) is 37.4 Å². The summed E-state index contributed by atoms with van der Waals surface area (Å²) in [5, 5.41) is 3.22. The number of hydrogen-bond acceptors (Lipinski definition) is 1. The smallest absolute Gasteiger partial charge is 0.251 e. The molecule has 2 heteroatoms. The fourth-order valence-electron chi connectivity index (χ4n) is 3.16. The van der Waals surface area contributed by atoms with Gasteiger partial charge in [0.05, 0.1) is 0 Å². The van der Waals surface area contributed by atoms with Crippen LogP contribution in [-0.2, 0) is 19.3 Å². The molecule has 0 heterocycles. The Morgan fingerprint density at radius 2 is 1.81 bits per heavy atom. The monoisotopic (exact) mass is 279 g/mol. The lowest BCUT2D eigenvalue weighted by atomic mass is 9.98. The maximum absolute atomic E-state index is 12.4. The van der Waals surface area contributed by atoms with Gasteiger partial charge in [0.1, 0.15) is 0 Å². The first-order chi connectivity index (χ1) is 10.1. The lowest BCUT2D eigenvalue weighted by Gasteiger charge is -2.25. The average molecular weight is 279 g/mol. The second-order valence-electron chi connectivity index (χ2n) is 6.19. The summed E-state index contributed by atoms with van der Waals surface area (Å²) in [6.45, 7) is 4.31. The van der Waals surface area contributed by atoms with Gasteiger partial charge >= 0.3 is 0 Å². The largest absolute Gasteiger partial charge is 0.346 e. The van der Waals surface area contributed by atoms with Crippen LogP contribution in [0.4, 0.5) is 0 Å². The summed E-state index contributed by atoms with van der Waals surface area (Å²) in [5.41, 5.74) is 4.66. The maximum atomic E-state index is 12.4. The van der Waals surface area contributed by atoms with Crippen molar-refractivity contribution in [2.75, 3.05) is 0 Å². The van der Waals surface area contributed by atoms with Crippen molar-refractivity contribution in [1.82, 2.24) is 5.32 Å². The molecule has 0 bridgehead atoms. The number of carbonyl (C=O) groups excluding carboxylic acids is 1. The molecule has 21 heavy (non-hydrogen) atoms. The van der Waals surface area contributed by atoms with E-state index in [1.807, 2.05) is 30.3 Å². The summed E-state index contributed by atoms with van der Waals surface area (Å²) in [4.78, 5) is 12.4. The first-order valence-electron chi connectivity index (χ1n) is 7.58. The highest BCUT2D eigenvalue weighted by atomic mass is 16.1. The van der Waals surface area contributed by atoms with Crippen LogP contribution >= 0.6 is 0 Å². The number of hydrogen-bond donors (Lipinski definition) is 1. The molecule has 1 atom stereocenters. The van der Waals surface area contributed by atoms with Gasteiger partial charge in [-0.25, -0.2) is 0 Å². The van der Waals surface area contributed by atoms with Crippen LogP contribution in [-0.4, -0.2) is 11.4 Å². The van der Waals surface area contributed by atoms with Gasteiger partial charge in [-0.15, -0.1) is 0 Å². The third-order valence-electron chi connectivity index (χ3n) is 4.29. The van der Waals surface area contributed by atoms with Gasteiger partial charge in [0, 0.05) is 11.1 Å². The minimum Gasteiger partial charge on any atom is -0.346 e. The molecule has 3 rings (SSSR count). The van der Waals surface area contributed by atoms with Crippen LogP contribution in [0.2, 0.25) is 0 Å². The van der Waals surface area contributed by atoms with Crippen LogP contribution in [0, 0.1) is 0 Å².